The average Bonchev–Trinajstić information content (AvgIpc) is 2.16. The molecule has 0 amide bonds. The van der Waals surface area contributed by atoms with Crippen molar-refractivity contribution < 1.29 is 14.3 Å². The highest BCUT2D eigenvalue weighted by molar-refractivity contribution is 6.00. The summed E-state index contributed by atoms with van der Waals surface area (Å²) in [6.45, 7) is 1.46. The van der Waals surface area contributed by atoms with E-state index in [1.165, 1.54) is 21.1 Å². The summed E-state index contributed by atoms with van der Waals surface area (Å²) in [4.78, 5) is 11.2. The fourth-order valence-electron chi connectivity index (χ4n) is 1.26. The lowest BCUT2D eigenvalue weighted by Crippen LogP contribution is -2.03. The van der Waals surface area contributed by atoms with E-state index in [0.717, 1.165) is 0 Å². The Labute approximate surface area is 82.6 Å². The second kappa shape index (κ2) is 4.00. The number of ether oxygens (including phenoxy) is 2. The van der Waals surface area contributed by atoms with E-state index >= 15 is 0 Å². The van der Waals surface area contributed by atoms with Crippen molar-refractivity contribution in [2.45, 2.75) is 6.92 Å². The predicted octanol–water partition coefficient (Wildman–Crippen LogP) is 1.49. The normalized spacial score (nSPS) is 9.64. The van der Waals surface area contributed by atoms with Gasteiger partial charge in [0, 0.05) is 5.56 Å². The Morgan fingerprint density at radius 3 is 2.36 bits per heavy atom. The van der Waals surface area contributed by atoms with Crippen LogP contribution in [0.1, 0.15) is 17.3 Å². The van der Waals surface area contributed by atoms with E-state index in [1.54, 1.807) is 12.1 Å². The van der Waals surface area contributed by atoms with Crippen molar-refractivity contribution in [2.24, 2.45) is 0 Å². The summed E-state index contributed by atoms with van der Waals surface area (Å²) < 4.78 is 10.1. The first-order valence-electron chi connectivity index (χ1n) is 4.13. The van der Waals surface area contributed by atoms with Gasteiger partial charge in [-0.05, 0) is 19.1 Å². The van der Waals surface area contributed by atoms with Gasteiger partial charge in [0.05, 0.1) is 19.9 Å². The van der Waals surface area contributed by atoms with E-state index in [1.807, 2.05) is 0 Å². The summed E-state index contributed by atoms with van der Waals surface area (Å²) in [5, 5.41) is 0. The van der Waals surface area contributed by atoms with Gasteiger partial charge in [-0.2, -0.15) is 0 Å². The van der Waals surface area contributed by atoms with Crippen molar-refractivity contribution in [3.63, 3.8) is 0 Å². The first kappa shape index (κ1) is 10.4. The Balaban J connectivity index is 3.34. The summed E-state index contributed by atoms with van der Waals surface area (Å²) in [6.07, 6.45) is 0. The highest BCUT2D eigenvalue weighted by Gasteiger charge is 2.14. The van der Waals surface area contributed by atoms with Gasteiger partial charge >= 0.3 is 0 Å². The van der Waals surface area contributed by atoms with Crippen LogP contribution in [0, 0.1) is 0 Å². The Hall–Kier alpha value is -1.71. The summed E-state index contributed by atoms with van der Waals surface area (Å²) in [5.41, 5.74) is 6.51. The van der Waals surface area contributed by atoms with Gasteiger partial charge in [-0.15, -0.1) is 0 Å². The molecule has 0 saturated carbocycles. The lowest BCUT2D eigenvalue weighted by Gasteiger charge is -2.11. The van der Waals surface area contributed by atoms with Crippen molar-refractivity contribution >= 4 is 11.5 Å². The van der Waals surface area contributed by atoms with E-state index in [-0.39, 0.29) is 5.78 Å². The highest BCUT2D eigenvalue weighted by atomic mass is 16.5. The molecule has 76 valence electrons. The van der Waals surface area contributed by atoms with Crippen LogP contribution in [-0.2, 0) is 0 Å². The van der Waals surface area contributed by atoms with Crippen LogP contribution >= 0.6 is 0 Å². The highest BCUT2D eigenvalue weighted by Crippen LogP contribution is 2.35. The maximum absolute atomic E-state index is 11.2. The molecular formula is C10H13NO3. The maximum atomic E-state index is 11.2. The Morgan fingerprint density at radius 1 is 1.29 bits per heavy atom. The molecule has 1 rings (SSSR count). The zero-order valence-electron chi connectivity index (χ0n) is 8.46. The van der Waals surface area contributed by atoms with Crippen LogP contribution < -0.4 is 15.2 Å². The van der Waals surface area contributed by atoms with E-state index in [9.17, 15) is 4.79 Å². The smallest absolute Gasteiger partial charge is 0.184 e. The van der Waals surface area contributed by atoms with E-state index in [0.29, 0.717) is 22.7 Å². The van der Waals surface area contributed by atoms with E-state index in [2.05, 4.69) is 0 Å². The Morgan fingerprint density at radius 2 is 1.93 bits per heavy atom. The molecular weight excluding hydrogens is 182 g/mol. The van der Waals surface area contributed by atoms with E-state index < -0.39 is 0 Å². The summed E-state index contributed by atoms with van der Waals surface area (Å²) in [7, 11) is 3.00. The number of nitrogens with two attached hydrogens (primary N) is 1. The molecule has 0 aliphatic rings. The number of anilines is 1. The molecule has 0 aliphatic carbocycles. The summed E-state index contributed by atoms with van der Waals surface area (Å²) in [5.74, 6) is 0.832. The minimum Gasteiger partial charge on any atom is -0.493 e. The van der Waals surface area contributed by atoms with Crippen molar-refractivity contribution in [2.75, 3.05) is 20.0 Å². The lowest BCUT2D eigenvalue weighted by molar-refractivity contribution is 0.101. The SMILES string of the molecule is COc1ccc(C(C)=O)c(N)c1OC. The number of carbonyl (C=O) groups is 1. The van der Waals surface area contributed by atoms with Crippen LogP contribution in [0.15, 0.2) is 12.1 Å². The third-order valence-electron chi connectivity index (χ3n) is 1.96. The number of Topliss-reactive ketones (excluding diaryl/α,β-unsaturated/α-hetero) is 1. The largest absolute Gasteiger partial charge is 0.493 e. The zero-order chi connectivity index (χ0) is 10.7. The fraction of sp³-hybridized carbons (Fsp3) is 0.300. The average molecular weight is 195 g/mol. The van der Waals surface area contributed by atoms with Crippen LogP contribution in [-0.4, -0.2) is 20.0 Å². The number of ketones is 1. The maximum Gasteiger partial charge on any atom is 0.184 e. The van der Waals surface area contributed by atoms with Crippen molar-refractivity contribution in [3.8, 4) is 11.5 Å². The minimum absolute atomic E-state index is 0.0940. The van der Waals surface area contributed by atoms with Crippen LogP contribution in [0.3, 0.4) is 0 Å². The number of carbonyl (C=O) groups excluding carboxylic acids is 1. The molecule has 0 aliphatic heterocycles. The van der Waals surface area contributed by atoms with Gasteiger partial charge in [-0.25, -0.2) is 0 Å². The van der Waals surface area contributed by atoms with Gasteiger partial charge in [0.1, 0.15) is 0 Å². The first-order chi connectivity index (χ1) is 6.61. The molecule has 0 atom stereocenters. The quantitative estimate of drug-likeness (QED) is 0.586. The number of hydrogen-bond acceptors (Lipinski definition) is 4. The molecule has 14 heavy (non-hydrogen) atoms. The van der Waals surface area contributed by atoms with Crippen molar-refractivity contribution in [1.29, 1.82) is 0 Å². The third kappa shape index (κ3) is 1.64. The second-order valence-corrected chi connectivity index (χ2v) is 2.82. The second-order valence-electron chi connectivity index (χ2n) is 2.82. The lowest BCUT2D eigenvalue weighted by atomic mass is 10.1. The van der Waals surface area contributed by atoms with Crippen LogP contribution in [0.5, 0.6) is 11.5 Å². The molecule has 0 fully saturated rings. The molecule has 1 aromatic rings. The number of nitrogen functional groups attached to an aromatic ring is 1. The molecule has 0 spiro atoms. The first-order valence-corrected chi connectivity index (χ1v) is 4.13. The zero-order valence-corrected chi connectivity index (χ0v) is 8.46. The van der Waals surface area contributed by atoms with Gasteiger partial charge in [0.2, 0.25) is 0 Å². The Kier molecular flexibility index (Phi) is 2.96. The topological polar surface area (TPSA) is 61.5 Å². The summed E-state index contributed by atoms with van der Waals surface area (Å²) >= 11 is 0. The van der Waals surface area contributed by atoms with Gasteiger partial charge < -0.3 is 15.2 Å². The molecule has 4 nitrogen and oxygen atoms in total. The molecule has 4 heteroatoms. The van der Waals surface area contributed by atoms with Crippen molar-refractivity contribution in [3.05, 3.63) is 17.7 Å². The van der Waals surface area contributed by atoms with Crippen molar-refractivity contribution in [1.82, 2.24) is 0 Å². The van der Waals surface area contributed by atoms with Crippen LogP contribution in [0.25, 0.3) is 0 Å². The number of rotatable bonds is 3. The predicted molar refractivity (Wildman–Crippen MR) is 54.0 cm³/mol. The third-order valence-corrected chi connectivity index (χ3v) is 1.96. The minimum atomic E-state index is -0.0940. The number of hydrogen-bond donors (Lipinski definition) is 1. The molecule has 0 aromatic heterocycles. The fourth-order valence-corrected chi connectivity index (χ4v) is 1.26. The standard InChI is InChI=1S/C10H13NO3/c1-6(12)7-4-5-8(13-2)10(14-3)9(7)11/h4-5H,11H2,1-3H3. The molecule has 0 unspecified atom stereocenters. The van der Waals surface area contributed by atoms with Crippen LogP contribution in [0.4, 0.5) is 5.69 Å². The van der Waals surface area contributed by atoms with E-state index in [4.69, 9.17) is 15.2 Å². The molecule has 0 bridgehead atoms. The Bertz CT molecular complexity index is 361. The molecule has 2 N–H and O–H groups in total. The van der Waals surface area contributed by atoms with Crippen LogP contribution in [0.2, 0.25) is 0 Å². The molecule has 0 saturated heterocycles. The number of benzene rings is 1. The number of methoxy groups -OCH3 is 2. The summed E-state index contributed by atoms with van der Waals surface area (Å²) in [6, 6.07) is 3.28. The van der Waals surface area contributed by atoms with Gasteiger partial charge in [-0.1, -0.05) is 0 Å². The molecule has 0 heterocycles. The van der Waals surface area contributed by atoms with Gasteiger partial charge in [-0.3, -0.25) is 4.79 Å². The van der Waals surface area contributed by atoms with Gasteiger partial charge in [0.15, 0.2) is 17.3 Å². The monoisotopic (exact) mass is 195 g/mol. The molecule has 0 radical (unpaired) electrons. The van der Waals surface area contributed by atoms with Gasteiger partial charge in [0.25, 0.3) is 0 Å². The molecule has 1 aromatic carbocycles.